The van der Waals surface area contributed by atoms with Gasteiger partial charge >= 0.3 is 0 Å². The Morgan fingerprint density at radius 1 is 1.05 bits per heavy atom. The second-order valence-electron chi connectivity index (χ2n) is 4.66. The van der Waals surface area contributed by atoms with Gasteiger partial charge in [-0.1, -0.05) is 0 Å². The molecule has 0 N–H and O–H groups in total. The topological polar surface area (TPSA) is 53.5 Å². The van der Waals surface area contributed by atoms with Gasteiger partial charge in [0.1, 0.15) is 4.21 Å². The van der Waals surface area contributed by atoms with E-state index in [4.69, 9.17) is 0 Å². The molecular weight excluding hydrogens is 374 g/mol. The number of sulfonamides is 1. The average molecular weight is 388 g/mol. The Bertz CT molecular complexity index is 710. The zero-order valence-corrected chi connectivity index (χ0v) is 14.4. The number of hydrogen-bond acceptors (Lipinski definition) is 5. The van der Waals surface area contributed by atoms with Gasteiger partial charge in [-0.3, -0.25) is 4.98 Å². The van der Waals surface area contributed by atoms with Crippen molar-refractivity contribution >= 4 is 43.0 Å². The van der Waals surface area contributed by atoms with Crippen LogP contribution in [0.4, 0.5) is 5.69 Å². The second kappa shape index (κ2) is 6.04. The Hall–Kier alpha value is -0.960. The third-order valence-electron chi connectivity index (χ3n) is 3.41. The third kappa shape index (κ3) is 3.13. The summed E-state index contributed by atoms with van der Waals surface area (Å²) in [5, 5.41) is 0. The lowest BCUT2D eigenvalue weighted by Crippen LogP contribution is -2.48. The zero-order chi connectivity index (χ0) is 14.9. The van der Waals surface area contributed by atoms with Crippen molar-refractivity contribution in [2.75, 3.05) is 31.1 Å². The molecule has 5 nitrogen and oxygen atoms in total. The molecule has 3 rings (SSSR count). The molecule has 0 saturated carbocycles. The number of hydrogen-bond donors (Lipinski definition) is 0. The number of thiophene rings is 1. The van der Waals surface area contributed by atoms with Gasteiger partial charge in [-0.2, -0.15) is 4.31 Å². The summed E-state index contributed by atoms with van der Waals surface area (Å²) < 4.78 is 27.8. The largest absolute Gasteiger partial charge is 0.369 e. The maximum Gasteiger partial charge on any atom is 0.252 e. The van der Waals surface area contributed by atoms with Gasteiger partial charge in [-0.25, -0.2) is 8.42 Å². The van der Waals surface area contributed by atoms with Crippen LogP contribution >= 0.6 is 27.3 Å². The molecule has 0 radical (unpaired) electrons. The Morgan fingerprint density at radius 3 is 2.29 bits per heavy atom. The molecule has 21 heavy (non-hydrogen) atoms. The molecule has 1 saturated heterocycles. The minimum absolute atomic E-state index is 0.395. The molecule has 2 aromatic rings. The molecule has 1 aliphatic rings. The number of rotatable bonds is 3. The first-order chi connectivity index (χ1) is 10.1. The molecular formula is C13H14BrN3O2S2. The maximum atomic E-state index is 12.5. The van der Waals surface area contributed by atoms with Crippen LogP contribution in [0.25, 0.3) is 0 Å². The molecule has 3 heterocycles. The Kier molecular flexibility index (Phi) is 4.30. The van der Waals surface area contributed by atoms with Crippen LogP contribution < -0.4 is 4.90 Å². The van der Waals surface area contributed by atoms with Crippen LogP contribution in [-0.2, 0) is 10.0 Å². The van der Waals surface area contributed by atoms with Crippen molar-refractivity contribution in [3.05, 3.63) is 40.4 Å². The molecule has 0 aromatic carbocycles. The van der Waals surface area contributed by atoms with Gasteiger partial charge in [0.25, 0.3) is 10.0 Å². The molecule has 0 aliphatic carbocycles. The van der Waals surface area contributed by atoms with E-state index in [0.717, 1.165) is 9.47 Å². The van der Waals surface area contributed by atoms with Gasteiger partial charge in [0.05, 0.1) is 3.79 Å². The molecule has 1 fully saturated rings. The number of pyridine rings is 1. The number of anilines is 1. The molecule has 1 aliphatic heterocycles. The van der Waals surface area contributed by atoms with Crippen molar-refractivity contribution in [1.82, 2.24) is 9.29 Å². The van der Waals surface area contributed by atoms with Crippen molar-refractivity contribution in [2.24, 2.45) is 0 Å². The van der Waals surface area contributed by atoms with Crippen LogP contribution in [0.1, 0.15) is 0 Å². The lowest BCUT2D eigenvalue weighted by atomic mass is 10.3. The van der Waals surface area contributed by atoms with E-state index in [1.54, 1.807) is 28.8 Å². The highest BCUT2D eigenvalue weighted by Gasteiger charge is 2.29. The summed E-state index contributed by atoms with van der Waals surface area (Å²) in [6.45, 7) is 2.38. The first kappa shape index (κ1) is 15.0. The Morgan fingerprint density at radius 2 is 1.71 bits per heavy atom. The third-order valence-corrected chi connectivity index (χ3v) is 7.40. The number of aromatic nitrogens is 1. The van der Waals surface area contributed by atoms with Gasteiger partial charge in [0.15, 0.2) is 0 Å². The normalized spacial score (nSPS) is 17.1. The van der Waals surface area contributed by atoms with Crippen LogP contribution in [0.5, 0.6) is 0 Å². The van der Waals surface area contributed by atoms with Crippen LogP contribution in [0.15, 0.2) is 44.7 Å². The molecule has 0 bridgehead atoms. The standard InChI is InChI=1S/C13H14BrN3O2S2/c14-12-1-2-13(20-12)21(18,19)17-9-7-16(8-10-17)11-3-5-15-6-4-11/h1-6H,7-10H2. The van der Waals surface area contributed by atoms with Crippen molar-refractivity contribution < 1.29 is 8.42 Å². The highest BCUT2D eigenvalue weighted by molar-refractivity contribution is 9.11. The van der Waals surface area contributed by atoms with Crippen molar-refractivity contribution in [2.45, 2.75) is 4.21 Å². The SMILES string of the molecule is O=S(=O)(c1ccc(Br)s1)N1CCN(c2ccncc2)CC1. The minimum atomic E-state index is -3.36. The summed E-state index contributed by atoms with van der Waals surface area (Å²) in [6.07, 6.45) is 3.50. The van der Waals surface area contributed by atoms with Gasteiger partial charge in [-0.15, -0.1) is 11.3 Å². The van der Waals surface area contributed by atoms with Gasteiger partial charge in [-0.05, 0) is 40.2 Å². The first-order valence-corrected chi connectivity index (χ1v) is 9.53. The van der Waals surface area contributed by atoms with E-state index in [-0.39, 0.29) is 0 Å². The zero-order valence-electron chi connectivity index (χ0n) is 11.1. The van der Waals surface area contributed by atoms with Gasteiger partial charge in [0, 0.05) is 44.3 Å². The predicted octanol–water partition coefficient (Wildman–Crippen LogP) is 2.42. The fourth-order valence-corrected chi connectivity index (χ4v) is 5.89. The predicted molar refractivity (Wildman–Crippen MR) is 87.2 cm³/mol. The summed E-state index contributed by atoms with van der Waals surface area (Å²) in [5.41, 5.74) is 1.08. The quantitative estimate of drug-likeness (QED) is 0.811. The number of piperazine rings is 1. The maximum absolute atomic E-state index is 12.5. The first-order valence-electron chi connectivity index (χ1n) is 6.48. The number of halogens is 1. The fourth-order valence-electron chi connectivity index (χ4n) is 2.31. The lowest BCUT2D eigenvalue weighted by Gasteiger charge is -2.35. The monoisotopic (exact) mass is 387 g/mol. The minimum Gasteiger partial charge on any atom is -0.369 e. The van der Waals surface area contributed by atoms with Crippen molar-refractivity contribution in [3.8, 4) is 0 Å². The van der Waals surface area contributed by atoms with Crippen LogP contribution in [0.3, 0.4) is 0 Å². The highest BCUT2D eigenvalue weighted by atomic mass is 79.9. The van der Waals surface area contributed by atoms with E-state index in [9.17, 15) is 8.42 Å². The molecule has 0 atom stereocenters. The van der Waals surface area contributed by atoms with E-state index in [2.05, 4.69) is 25.8 Å². The van der Waals surface area contributed by atoms with Crippen molar-refractivity contribution in [1.29, 1.82) is 0 Å². The van der Waals surface area contributed by atoms with E-state index in [1.165, 1.54) is 11.3 Å². The van der Waals surface area contributed by atoms with Crippen LogP contribution in [0.2, 0.25) is 0 Å². The average Bonchev–Trinajstić information content (AvgIpc) is 2.96. The van der Waals surface area contributed by atoms with Crippen molar-refractivity contribution in [3.63, 3.8) is 0 Å². The summed E-state index contributed by atoms with van der Waals surface area (Å²) in [6, 6.07) is 7.31. The van der Waals surface area contributed by atoms with E-state index in [1.807, 2.05) is 12.1 Å². The highest BCUT2D eigenvalue weighted by Crippen LogP contribution is 2.29. The van der Waals surface area contributed by atoms with E-state index < -0.39 is 10.0 Å². The molecule has 8 heteroatoms. The summed E-state index contributed by atoms with van der Waals surface area (Å²) in [5.74, 6) is 0. The van der Waals surface area contributed by atoms with Crippen LogP contribution in [0, 0.1) is 0 Å². The van der Waals surface area contributed by atoms with E-state index in [0.29, 0.717) is 30.4 Å². The summed E-state index contributed by atoms with van der Waals surface area (Å²) in [7, 11) is -3.36. The Labute approximate surface area is 136 Å². The van der Waals surface area contributed by atoms with E-state index >= 15 is 0 Å². The number of nitrogens with zero attached hydrogens (tertiary/aromatic N) is 3. The molecule has 0 spiro atoms. The fraction of sp³-hybridized carbons (Fsp3) is 0.308. The van der Waals surface area contributed by atoms with Gasteiger partial charge in [0.2, 0.25) is 0 Å². The molecule has 112 valence electrons. The summed E-state index contributed by atoms with van der Waals surface area (Å²) >= 11 is 4.56. The summed E-state index contributed by atoms with van der Waals surface area (Å²) in [4.78, 5) is 6.18. The van der Waals surface area contributed by atoms with Gasteiger partial charge < -0.3 is 4.90 Å². The molecule has 0 amide bonds. The van der Waals surface area contributed by atoms with Crippen LogP contribution in [-0.4, -0.2) is 43.9 Å². The smallest absolute Gasteiger partial charge is 0.252 e. The molecule has 2 aromatic heterocycles. The lowest BCUT2D eigenvalue weighted by molar-refractivity contribution is 0.386. The second-order valence-corrected chi connectivity index (χ2v) is 9.28. The Balaban J connectivity index is 1.71. The molecule has 0 unspecified atom stereocenters.